The number of thiophene rings is 1. The molecule has 0 spiro atoms. The van der Waals surface area contributed by atoms with E-state index in [0.29, 0.717) is 6.79 Å². The summed E-state index contributed by atoms with van der Waals surface area (Å²) >= 11 is 1.73. The minimum Gasteiger partial charge on any atom is -0.454 e. The second-order valence-electron chi connectivity index (χ2n) is 5.86. The maximum Gasteiger partial charge on any atom is 0.231 e. The van der Waals surface area contributed by atoms with Crippen molar-refractivity contribution >= 4 is 27.4 Å². The summed E-state index contributed by atoms with van der Waals surface area (Å²) in [5.74, 6) is 2.64. The van der Waals surface area contributed by atoms with E-state index in [2.05, 4.69) is 47.8 Å². The van der Waals surface area contributed by atoms with Crippen LogP contribution >= 0.6 is 11.3 Å². The molecule has 0 atom stereocenters. The third kappa shape index (κ3) is 2.47. The number of aryl methyl sites for hydroxylation is 2. The highest BCUT2D eigenvalue weighted by Gasteiger charge is 2.18. The van der Waals surface area contributed by atoms with Crippen molar-refractivity contribution in [1.29, 1.82) is 0 Å². The number of fused-ring (bicyclic) bond motifs is 2. The molecule has 0 unspecified atom stereocenters. The van der Waals surface area contributed by atoms with Crippen LogP contribution in [0.5, 0.6) is 11.5 Å². The summed E-state index contributed by atoms with van der Waals surface area (Å²) < 4.78 is 10.9. The van der Waals surface area contributed by atoms with Crippen LogP contribution in [-0.4, -0.2) is 23.3 Å². The summed E-state index contributed by atoms with van der Waals surface area (Å²) in [6, 6.07) is 6.11. The highest BCUT2D eigenvalue weighted by atomic mass is 32.1. The molecule has 2 aromatic heterocycles. The average molecular weight is 341 g/mol. The molecule has 0 N–H and O–H groups in total. The van der Waals surface area contributed by atoms with Crippen molar-refractivity contribution in [2.45, 2.75) is 27.3 Å². The molecule has 5 nitrogen and oxygen atoms in total. The van der Waals surface area contributed by atoms with Crippen LogP contribution in [-0.2, 0) is 6.54 Å². The first-order chi connectivity index (χ1) is 11.7. The van der Waals surface area contributed by atoms with E-state index in [1.165, 1.54) is 21.4 Å². The number of aromatic nitrogens is 2. The molecule has 0 amide bonds. The van der Waals surface area contributed by atoms with Crippen LogP contribution in [0.3, 0.4) is 0 Å². The van der Waals surface area contributed by atoms with Gasteiger partial charge >= 0.3 is 0 Å². The highest BCUT2D eigenvalue weighted by molar-refractivity contribution is 7.18. The number of hydrogen-bond donors (Lipinski definition) is 0. The van der Waals surface area contributed by atoms with Crippen LogP contribution in [0.1, 0.15) is 22.9 Å². The number of ether oxygens (including phenoxy) is 2. The SMILES string of the molecule is CCN(Cc1ccc2c(c1)OCO2)c1ncnc2sc(C)c(C)c12. The lowest BCUT2D eigenvalue weighted by molar-refractivity contribution is 0.174. The van der Waals surface area contributed by atoms with Gasteiger partial charge in [-0.15, -0.1) is 11.3 Å². The smallest absolute Gasteiger partial charge is 0.231 e. The minimum atomic E-state index is 0.302. The number of anilines is 1. The molecule has 124 valence electrons. The Morgan fingerprint density at radius 2 is 2.00 bits per heavy atom. The standard InChI is InChI=1S/C18H19N3O2S/c1-4-21(8-13-5-6-14-15(7-13)23-10-22-14)17-16-11(2)12(3)24-18(16)20-9-19-17/h5-7,9H,4,8,10H2,1-3H3. The molecule has 0 saturated heterocycles. The number of hydrogen-bond acceptors (Lipinski definition) is 6. The lowest BCUT2D eigenvalue weighted by Gasteiger charge is -2.23. The topological polar surface area (TPSA) is 47.5 Å². The van der Waals surface area contributed by atoms with Crippen LogP contribution in [0.2, 0.25) is 0 Å². The molecular weight excluding hydrogens is 322 g/mol. The second-order valence-corrected chi connectivity index (χ2v) is 7.07. The maximum atomic E-state index is 5.49. The van der Waals surface area contributed by atoms with E-state index in [9.17, 15) is 0 Å². The third-order valence-electron chi connectivity index (χ3n) is 4.44. The Hall–Kier alpha value is -2.34. The fourth-order valence-corrected chi connectivity index (χ4v) is 3.99. The van der Waals surface area contributed by atoms with Crippen molar-refractivity contribution < 1.29 is 9.47 Å². The molecular formula is C18H19N3O2S. The average Bonchev–Trinajstić information content (AvgIpc) is 3.17. The number of rotatable bonds is 4. The molecule has 1 aliphatic heterocycles. The van der Waals surface area contributed by atoms with Gasteiger partial charge in [0.25, 0.3) is 0 Å². The summed E-state index contributed by atoms with van der Waals surface area (Å²) in [6.45, 7) is 8.38. The zero-order chi connectivity index (χ0) is 16.7. The van der Waals surface area contributed by atoms with Crippen molar-refractivity contribution in [2.24, 2.45) is 0 Å². The summed E-state index contributed by atoms with van der Waals surface area (Å²) in [5, 5.41) is 1.17. The second kappa shape index (κ2) is 5.94. The molecule has 1 aliphatic rings. The Morgan fingerprint density at radius 3 is 2.83 bits per heavy atom. The van der Waals surface area contributed by atoms with Gasteiger partial charge in [-0.25, -0.2) is 9.97 Å². The first-order valence-corrected chi connectivity index (χ1v) is 8.83. The molecule has 1 aromatic carbocycles. The van der Waals surface area contributed by atoms with Gasteiger partial charge in [0.1, 0.15) is 17.0 Å². The largest absolute Gasteiger partial charge is 0.454 e. The van der Waals surface area contributed by atoms with Crippen LogP contribution < -0.4 is 14.4 Å². The molecule has 4 rings (SSSR count). The highest BCUT2D eigenvalue weighted by Crippen LogP contribution is 2.36. The van der Waals surface area contributed by atoms with Crippen molar-refractivity contribution in [3.63, 3.8) is 0 Å². The first-order valence-electron chi connectivity index (χ1n) is 8.01. The molecule has 0 aliphatic carbocycles. The Morgan fingerprint density at radius 1 is 1.17 bits per heavy atom. The molecule has 0 saturated carbocycles. The van der Waals surface area contributed by atoms with Crippen LogP contribution in [0.4, 0.5) is 5.82 Å². The molecule has 24 heavy (non-hydrogen) atoms. The molecule has 0 fully saturated rings. The van der Waals surface area contributed by atoms with Gasteiger partial charge in [-0.05, 0) is 44.0 Å². The monoisotopic (exact) mass is 341 g/mol. The molecule has 6 heteroatoms. The maximum absolute atomic E-state index is 5.49. The summed E-state index contributed by atoms with van der Waals surface area (Å²) in [7, 11) is 0. The summed E-state index contributed by atoms with van der Waals surface area (Å²) in [5.41, 5.74) is 2.45. The van der Waals surface area contributed by atoms with E-state index in [4.69, 9.17) is 9.47 Å². The zero-order valence-corrected chi connectivity index (χ0v) is 14.8. The quantitative estimate of drug-likeness (QED) is 0.716. The molecule has 0 radical (unpaired) electrons. The van der Waals surface area contributed by atoms with Crippen molar-refractivity contribution in [3.05, 3.63) is 40.5 Å². The third-order valence-corrected chi connectivity index (χ3v) is 5.55. The van der Waals surface area contributed by atoms with Gasteiger partial charge in [0.05, 0.1) is 5.39 Å². The van der Waals surface area contributed by atoms with Crippen LogP contribution in [0.25, 0.3) is 10.2 Å². The molecule has 3 aromatic rings. The van der Waals surface area contributed by atoms with E-state index in [1.807, 2.05) is 6.07 Å². The van der Waals surface area contributed by atoms with Crippen LogP contribution in [0, 0.1) is 13.8 Å². The van der Waals surface area contributed by atoms with E-state index in [-0.39, 0.29) is 0 Å². The number of nitrogens with zero attached hydrogens (tertiary/aromatic N) is 3. The van der Waals surface area contributed by atoms with Gasteiger partial charge in [-0.2, -0.15) is 0 Å². The zero-order valence-electron chi connectivity index (χ0n) is 14.0. The van der Waals surface area contributed by atoms with Crippen molar-refractivity contribution in [1.82, 2.24) is 9.97 Å². The van der Waals surface area contributed by atoms with Crippen LogP contribution in [0.15, 0.2) is 24.5 Å². The lowest BCUT2D eigenvalue weighted by Crippen LogP contribution is -2.23. The van der Waals surface area contributed by atoms with Gasteiger partial charge in [-0.1, -0.05) is 6.07 Å². The summed E-state index contributed by atoms with van der Waals surface area (Å²) in [6.07, 6.45) is 1.66. The van der Waals surface area contributed by atoms with Gasteiger partial charge in [0.2, 0.25) is 6.79 Å². The van der Waals surface area contributed by atoms with Crippen molar-refractivity contribution in [3.8, 4) is 11.5 Å². The minimum absolute atomic E-state index is 0.302. The molecule has 3 heterocycles. The number of benzene rings is 1. The van der Waals surface area contributed by atoms with E-state index in [0.717, 1.165) is 35.2 Å². The van der Waals surface area contributed by atoms with Crippen molar-refractivity contribution in [2.75, 3.05) is 18.2 Å². The fourth-order valence-electron chi connectivity index (χ4n) is 3.00. The Bertz CT molecular complexity index is 907. The normalized spacial score (nSPS) is 12.8. The Kier molecular flexibility index (Phi) is 3.76. The first kappa shape index (κ1) is 15.2. The van der Waals surface area contributed by atoms with Gasteiger partial charge in [0, 0.05) is 18.0 Å². The predicted octanol–water partition coefficient (Wildman–Crippen LogP) is 4.06. The van der Waals surface area contributed by atoms with E-state index < -0.39 is 0 Å². The van der Waals surface area contributed by atoms with E-state index in [1.54, 1.807) is 17.7 Å². The summed E-state index contributed by atoms with van der Waals surface area (Å²) in [4.78, 5) is 13.7. The van der Waals surface area contributed by atoms with Gasteiger partial charge < -0.3 is 14.4 Å². The van der Waals surface area contributed by atoms with Gasteiger partial charge in [-0.3, -0.25) is 0 Å². The predicted molar refractivity (Wildman–Crippen MR) is 96.2 cm³/mol. The van der Waals surface area contributed by atoms with Gasteiger partial charge in [0.15, 0.2) is 11.5 Å². The molecule has 0 bridgehead atoms. The lowest BCUT2D eigenvalue weighted by atomic mass is 10.1. The Labute approximate surface area is 144 Å². The Balaban J connectivity index is 1.71. The fraction of sp³-hybridized carbons (Fsp3) is 0.333. The van der Waals surface area contributed by atoms with E-state index >= 15 is 0 Å².